The number of hydrogen-bond donors (Lipinski definition) is 1. The molecule has 0 aliphatic carbocycles. The summed E-state index contributed by atoms with van der Waals surface area (Å²) in [5, 5.41) is 2.03. The van der Waals surface area contributed by atoms with Crippen molar-refractivity contribution in [3.63, 3.8) is 0 Å². The van der Waals surface area contributed by atoms with Crippen LogP contribution < -0.4 is 5.73 Å². The highest BCUT2D eigenvalue weighted by Crippen LogP contribution is 2.37. The maximum absolute atomic E-state index is 11.9. The van der Waals surface area contributed by atoms with E-state index in [-0.39, 0.29) is 24.0 Å². The lowest BCUT2D eigenvalue weighted by atomic mass is 10.1. The van der Waals surface area contributed by atoms with E-state index in [1.807, 2.05) is 24.1 Å². The summed E-state index contributed by atoms with van der Waals surface area (Å²) in [7, 11) is 0. The number of nitrogens with zero attached hydrogens (tertiary/aromatic N) is 1. The first-order chi connectivity index (χ1) is 7.50. The molecule has 2 rings (SSSR count). The standard InChI is InChI=1S/C11H15BrN2OS/c1-6(2)14-10(15)4-8(13)11(14)9-3-7(12)5-16-9/h3,5-6,8,11H,4,13H2,1-2H3. The first-order valence-electron chi connectivity index (χ1n) is 5.31. The minimum Gasteiger partial charge on any atom is -0.331 e. The monoisotopic (exact) mass is 302 g/mol. The van der Waals surface area contributed by atoms with Gasteiger partial charge in [-0.15, -0.1) is 11.3 Å². The molecule has 1 aromatic rings. The second kappa shape index (κ2) is 4.47. The van der Waals surface area contributed by atoms with Gasteiger partial charge in [-0.2, -0.15) is 0 Å². The first-order valence-corrected chi connectivity index (χ1v) is 6.98. The molecule has 1 aliphatic heterocycles. The van der Waals surface area contributed by atoms with Gasteiger partial charge in [-0.3, -0.25) is 4.79 Å². The van der Waals surface area contributed by atoms with E-state index in [9.17, 15) is 4.79 Å². The van der Waals surface area contributed by atoms with Crippen LogP contribution in [0.25, 0.3) is 0 Å². The van der Waals surface area contributed by atoms with Crippen LogP contribution in [0.3, 0.4) is 0 Å². The number of hydrogen-bond acceptors (Lipinski definition) is 3. The highest BCUT2D eigenvalue weighted by atomic mass is 79.9. The van der Waals surface area contributed by atoms with Crippen molar-refractivity contribution >= 4 is 33.2 Å². The Morgan fingerprint density at radius 1 is 1.62 bits per heavy atom. The van der Waals surface area contributed by atoms with Crippen LogP contribution in [-0.2, 0) is 4.79 Å². The first kappa shape index (κ1) is 12.1. The van der Waals surface area contributed by atoms with Gasteiger partial charge in [-0.05, 0) is 35.8 Å². The van der Waals surface area contributed by atoms with E-state index in [4.69, 9.17) is 5.73 Å². The fourth-order valence-electron chi connectivity index (χ4n) is 2.22. The van der Waals surface area contributed by atoms with Crippen LogP contribution >= 0.6 is 27.3 Å². The Morgan fingerprint density at radius 3 is 2.81 bits per heavy atom. The van der Waals surface area contributed by atoms with Gasteiger partial charge >= 0.3 is 0 Å². The van der Waals surface area contributed by atoms with Crippen molar-refractivity contribution in [1.82, 2.24) is 4.90 Å². The molecule has 0 aromatic carbocycles. The Hall–Kier alpha value is -0.390. The number of carbonyl (C=O) groups excluding carboxylic acids is 1. The minimum atomic E-state index is -0.0829. The van der Waals surface area contributed by atoms with Gasteiger partial charge < -0.3 is 10.6 Å². The lowest BCUT2D eigenvalue weighted by Gasteiger charge is -2.29. The molecule has 1 aliphatic rings. The Balaban J connectivity index is 2.33. The SMILES string of the molecule is CC(C)N1C(=O)CC(N)C1c1cc(Br)cs1. The zero-order valence-corrected chi connectivity index (χ0v) is 11.7. The van der Waals surface area contributed by atoms with Crippen LogP contribution in [0, 0.1) is 0 Å². The Labute approximate surface area is 108 Å². The van der Waals surface area contributed by atoms with Crippen LogP contribution in [0.1, 0.15) is 31.2 Å². The Morgan fingerprint density at radius 2 is 2.31 bits per heavy atom. The largest absolute Gasteiger partial charge is 0.331 e. The van der Waals surface area contributed by atoms with Crippen LogP contribution in [0.2, 0.25) is 0 Å². The molecular weight excluding hydrogens is 288 g/mol. The predicted molar refractivity (Wildman–Crippen MR) is 69.3 cm³/mol. The van der Waals surface area contributed by atoms with Gasteiger partial charge in [-0.25, -0.2) is 0 Å². The number of nitrogens with two attached hydrogens (primary N) is 1. The van der Waals surface area contributed by atoms with E-state index >= 15 is 0 Å². The Bertz CT molecular complexity index is 404. The summed E-state index contributed by atoms with van der Waals surface area (Å²) in [4.78, 5) is 14.9. The van der Waals surface area contributed by atoms with E-state index in [2.05, 4.69) is 22.0 Å². The van der Waals surface area contributed by atoms with Gasteiger partial charge in [0, 0.05) is 33.2 Å². The molecule has 88 valence electrons. The number of carbonyl (C=O) groups is 1. The van der Waals surface area contributed by atoms with Crippen molar-refractivity contribution in [3.8, 4) is 0 Å². The van der Waals surface area contributed by atoms with Gasteiger partial charge in [0.15, 0.2) is 0 Å². The molecule has 5 heteroatoms. The van der Waals surface area contributed by atoms with Gasteiger partial charge in [0.2, 0.25) is 5.91 Å². The van der Waals surface area contributed by atoms with Gasteiger partial charge in [-0.1, -0.05) is 0 Å². The molecule has 0 saturated carbocycles. The van der Waals surface area contributed by atoms with Crippen molar-refractivity contribution in [3.05, 3.63) is 20.8 Å². The molecule has 16 heavy (non-hydrogen) atoms. The summed E-state index contributed by atoms with van der Waals surface area (Å²) in [6.45, 7) is 4.07. The lowest BCUT2D eigenvalue weighted by Crippen LogP contribution is -2.37. The van der Waals surface area contributed by atoms with Crippen molar-refractivity contribution in [2.45, 2.75) is 38.4 Å². The van der Waals surface area contributed by atoms with Crippen molar-refractivity contribution < 1.29 is 4.79 Å². The summed E-state index contributed by atoms with van der Waals surface area (Å²) in [6.07, 6.45) is 0.457. The summed E-state index contributed by atoms with van der Waals surface area (Å²) in [5.74, 6) is 0.164. The maximum atomic E-state index is 11.9. The number of likely N-dealkylation sites (tertiary alicyclic amines) is 1. The van der Waals surface area contributed by atoms with E-state index in [1.54, 1.807) is 11.3 Å². The molecule has 1 amide bonds. The average molecular weight is 303 g/mol. The predicted octanol–water partition coefficient (Wildman–Crippen LogP) is 2.52. The van der Waals surface area contributed by atoms with Crippen LogP contribution in [-0.4, -0.2) is 22.9 Å². The third-order valence-electron chi connectivity index (χ3n) is 2.84. The normalized spacial score (nSPS) is 25.8. The van der Waals surface area contributed by atoms with Crippen molar-refractivity contribution in [1.29, 1.82) is 0 Å². The van der Waals surface area contributed by atoms with Crippen molar-refractivity contribution in [2.75, 3.05) is 0 Å². The highest BCUT2D eigenvalue weighted by Gasteiger charge is 2.40. The zero-order valence-electron chi connectivity index (χ0n) is 9.31. The van der Waals surface area contributed by atoms with Crippen LogP contribution in [0.4, 0.5) is 0 Å². The zero-order chi connectivity index (χ0) is 11.9. The van der Waals surface area contributed by atoms with E-state index in [1.165, 1.54) is 4.88 Å². The molecule has 1 saturated heterocycles. The summed E-state index contributed by atoms with van der Waals surface area (Å²) >= 11 is 5.09. The van der Waals surface area contributed by atoms with E-state index in [0.29, 0.717) is 6.42 Å². The van der Waals surface area contributed by atoms with Crippen LogP contribution in [0.15, 0.2) is 15.9 Å². The number of amides is 1. The summed E-state index contributed by atoms with van der Waals surface area (Å²) < 4.78 is 1.06. The molecule has 2 heterocycles. The molecule has 0 radical (unpaired) electrons. The van der Waals surface area contributed by atoms with E-state index < -0.39 is 0 Å². The number of thiophene rings is 1. The third-order valence-corrected chi connectivity index (χ3v) is 4.60. The molecule has 1 fully saturated rings. The molecule has 0 bridgehead atoms. The fraction of sp³-hybridized carbons (Fsp3) is 0.545. The summed E-state index contributed by atoms with van der Waals surface area (Å²) in [5.41, 5.74) is 6.07. The molecule has 1 aromatic heterocycles. The molecule has 2 atom stereocenters. The smallest absolute Gasteiger partial charge is 0.225 e. The summed E-state index contributed by atoms with van der Waals surface area (Å²) in [6, 6.07) is 2.22. The number of rotatable bonds is 2. The number of halogens is 1. The van der Waals surface area contributed by atoms with Gasteiger partial charge in [0.1, 0.15) is 0 Å². The second-order valence-electron chi connectivity index (χ2n) is 4.37. The fourth-order valence-corrected chi connectivity index (χ4v) is 3.84. The van der Waals surface area contributed by atoms with Crippen LogP contribution in [0.5, 0.6) is 0 Å². The van der Waals surface area contributed by atoms with Crippen molar-refractivity contribution in [2.24, 2.45) is 5.73 Å². The second-order valence-corrected chi connectivity index (χ2v) is 6.23. The molecule has 2 N–H and O–H groups in total. The van der Waals surface area contributed by atoms with Gasteiger partial charge in [0.05, 0.1) is 6.04 Å². The molecule has 0 spiro atoms. The average Bonchev–Trinajstić information content (AvgIpc) is 2.69. The highest BCUT2D eigenvalue weighted by molar-refractivity contribution is 9.10. The third kappa shape index (κ3) is 2.04. The quantitative estimate of drug-likeness (QED) is 0.912. The Kier molecular flexibility index (Phi) is 3.37. The molecule has 2 unspecified atom stereocenters. The maximum Gasteiger partial charge on any atom is 0.225 e. The lowest BCUT2D eigenvalue weighted by molar-refractivity contribution is -0.130. The topological polar surface area (TPSA) is 46.3 Å². The minimum absolute atomic E-state index is 0.0452. The van der Waals surface area contributed by atoms with E-state index in [0.717, 1.165) is 4.47 Å². The molecule has 3 nitrogen and oxygen atoms in total. The molecular formula is C11H15BrN2OS. The van der Waals surface area contributed by atoms with Gasteiger partial charge in [0.25, 0.3) is 0 Å².